The fraction of sp³-hybridized carbons (Fsp3) is 1.00. The van der Waals surface area contributed by atoms with Gasteiger partial charge in [0.05, 0.1) is 11.8 Å². The largest absolute Gasteiger partial charge is 0.317 e. The number of rotatable bonds is 1. The highest BCUT2D eigenvalue weighted by Crippen LogP contribution is 2.40. The highest BCUT2D eigenvalue weighted by atomic mass is 15.4. The van der Waals surface area contributed by atoms with Crippen LogP contribution in [0.25, 0.3) is 0 Å². The van der Waals surface area contributed by atoms with Crippen LogP contribution >= 0.6 is 0 Å². The van der Waals surface area contributed by atoms with Crippen molar-refractivity contribution in [3.63, 3.8) is 0 Å². The number of nitrogens with zero attached hydrogens (tertiary/aromatic N) is 1. The molecule has 4 saturated heterocycles. The van der Waals surface area contributed by atoms with Gasteiger partial charge in [-0.05, 0) is 70.0 Å². The van der Waals surface area contributed by atoms with Gasteiger partial charge in [0.15, 0.2) is 0 Å². The van der Waals surface area contributed by atoms with E-state index in [4.69, 9.17) is 0 Å². The van der Waals surface area contributed by atoms with Gasteiger partial charge in [-0.25, -0.2) is 0 Å². The van der Waals surface area contributed by atoms with Gasteiger partial charge < -0.3 is 5.32 Å². The molecule has 0 aromatic heterocycles. The van der Waals surface area contributed by atoms with Crippen molar-refractivity contribution in [2.24, 2.45) is 5.41 Å². The number of hydrogen-bond acceptors (Lipinski definition) is 4. The Morgan fingerprint density at radius 2 is 1.79 bits per heavy atom. The molecular formula is C15H28N4. The second-order valence-electron chi connectivity index (χ2n) is 7.28. The van der Waals surface area contributed by atoms with Crippen LogP contribution in [-0.4, -0.2) is 49.5 Å². The van der Waals surface area contributed by atoms with Crippen molar-refractivity contribution in [3.8, 4) is 0 Å². The van der Waals surface area contributed by atoms with E-state index in [-0.39, 0.29) is 0 Å². The fourth-order valence-electron chi connectivity index (χ4n) is 4.70. The summed E-state index contributed by atoms with van der Waals surface area (Å²) in [5.41, 5.74) is 0.956. The Labute approximate surface area is 116 Å². The van der Waals surface area contributed by atoms with Gasteiger partial charge in [0, 0.05) is 13.1 Å². The lowest BCUT2D eigenvalue weighted by Gasteiger charge is -2.51. The quantitative estimate of drug-likeness (QED) is 0.657. The summed E-state index contributed by atoms with van der Waals surface area (Å²) in [6, 6.07) is 0. The highest BCUT2D eigenvalue weighted by molar-refractivity contribution is 5.01. The predicted octanol–water partition coefficient (Wildman–Crippen LogP) is 0.851. The molecule has 3 N–H and O–H groups in total. The average Bonchev–Trinajstić information content (AvgIpc) is 2.82. The predicted molar refractivity (Wildman–Crippen MR) is 76.9 cm³/mol. The van der Waals surface area contributed by atoms with Crippen LogP contribution in [0.15, 0.2) is 0 Å². The van der Waals surface area contributed by atoms with Crippen LogP contribution in [0.4, 0.5) is 0 Å². The molecule has 19 heavy (non-hydrogen) atoms. The molecule has 4 nitrogen and oxygen atoms in total. The van der Waals surface area contributed by atoms with E-state index in [1.54, 1.807) is 0 Å². The first kappa shape index (κ1) is 12.6. The van der Waals surface area contributed by atoms with Crippen LogP contribution in [-0.2, 0) is 0 Å². The normalized spacial score (nSPS) is 42.6. The van der Waals surface area contributed by atoms with E-state index in [1.165, 1.54) is 77.7 Å². The van der Waals surface area contributed by atoms with E-state index in [0.29, 0.717) is 17.2 Å². The zero-order valence-electron chi connectivity index (χ0n) is 12.0. The van der Waals surface area contributed by atoms with E-state index >= 15 is 0 Å². The van der Waals surface area contributed by atoms with Crippen molar-refractivity contribution in [1.82, 2.24) is 20.9 Å². The first-order valence-corrected chi connectivity index (χ1v) is 8.27. The van der Waals surface area contributed by atoms with Gasteiger partial charge in [0.1, 0.15) is 0 Å². The maximum Gasteiger partial charge on any atom is 0.0711 e. The summed E-state index contributed by atoms with van der Waals surface area (Å²) in [6.07, 6.45) is 10.2. The monoisotopic (exact) mass is 264 g/mol. The summed E-state index contributed by atoms with van der Waals surface area (Å²) in [5.74, 6) is 0. The molecule has 0 saturated carbocycles. The van der Waals surface area contributed by atoms with Gasteiger partial charge in [-0.1, -0.05) is 0 Å². The second-order valence-corrected chi connectivity index (χ2v) is 7.28. The Morgan fingerprint density at radius 3 is 2.53 bits per heavy atom. The zero-order chi connectivity index (χ0) is 12.8. The van der Waals surface area contributed by atoms with Crippen molar-refractivity contribution in [3.05, 3.63) is 0 Å². The lowest BCUT2D eigenvalue weighted by atomic mass is 9.78. The van der Waals surface area contributed by atoms with Gasteiger partial charge >= 0.3 is 0 Å². The molecule has 4 aliphatic rings. The third-order valence-electron chi connectivity index (χ3n) is 6.11. The van der Waals surface area contributed by atoms with Crippen LogP contribution < -0.4 is 16.0 Å². The maximum absolute atomic E-state index is 3.93. The maximum atomic E-state index is 3.93. The standard InChI is InChI=1S/C15H28N4/c1-2-13(18-15(3-1)6-10-17-15)19-11-7-14(12-19)4-8-16-9-5-14/h13,16-18H,1-12H2. The second kappa shape index (κ2) is 4.69. The first-order chi connectivity index (χ1) is 9.29. The van der Waals surface area contributed by atoms with Crippen LogP contribution in [0.2, 0.25) is 0 Å². The summed E-state index contributed by atoms with van der Waals surface area (Å²) in [6.45, 7) is 6.32. The molecule has 0 radical (unpaired) electrons. The van der Waals surface area contributed by atoms with E-state index < -0.39 is 0 Å². The third kappa shape index (κ3) is 2.23. The summed E-state index contributed by atoms with van der Waals surface area (Å²) in [4.78, 5) is 2.76. The van der Waals surface area contributed by atoms with E-state index in [0.717, 1.165) is 0 Å². The van der Waals surface area contributed by atoms with Crippen molar-refractivity contribution in [2.75, 3.05) is 32.7 Å². The molecule has 2 unspecified atom stereocenters. The molecule has 0 aromatic carbocycles. The number of likely N-dealkylation sites (tertiary alicyclic amines) is 1. The molecule has 0 bridgehead atoms. The Kier molecular flexibility index (Phi) is 3.10. The molecular weight excluding hydrogens is 236 g/mol. The van der Waals surface area contributed by atoms with Crippen molar-refractivity contribution in [1.29, 1.82) is 0 Å². The summed E-state index contributed by atoms with van der Waals surface area (Å²) >= 11 is 0. The third-order valence-corrected chi connectivity index (χ3v) is 6.11. The van der Waals surface area contributed by atoms with Gasteiger partial charge in [0.2, 0.25) is 0 Å². The smallest absolute Gasteiger partial charge is 0.0711 e. The molecule has 4 heteroatoms. The first-order valence-electron chi connectivity index (χ1n) is 8.27. The summed E-state index contributed by atoms with van der Waals surface area (Å²) in [7, 11) is 0. The van der Waals surface area contributed by atoms with Gasteiger partial charge in [0.25, 0.3) is 0 Å². The van der Waals surface area contributed by atoms with E-state index in [1.807, 2.05) is 0 Å². The van der Waals surface area contributed by atoms with Crippen LogP contribution in [0.3, 0.4) is 0 Å². The zero-order valence-corrected chi connectivity index (χ0v) is 12.0. The molecule has 4 heterocycles. The van der Waals surface area contributed by atoms with E-state index in [2.05, 4.69) is 20.9 Å². The molecule has 4 fully saturated rings. The van der Waals surface area contributed by atoms with Crippen molar-refractivity contribution in [2.45, 2.75) is 56.8 Å². The number of nitrogens with one attached hydrogen (secondary N) is 3. The van der Waals surface area contributed by atoms with Gasteiger partial charge in [-0.2, -0.15) is 0 Å². The Balaban J connectivity index is 1.40. The van der Waals surface area contributed by atoms with Crippen molar-refractivity contribution < 1.29 is 0 Å². The minimum Gasteiger partial charge on any atom is -0.317 e. The molecule has 108 valence electrons. The number of piperidine rings is 2. The molecule has 2 atom stereocenters. The number of hydrogen-bond donors (Lipinski definition) is 3. The molecule has 0 aliphatic carbocycles. The van der Waals surface area contributed by atoms with Gasteiger partial charge in [-0.15, -0.1) is 0 Å². The summed E-state index contributed by atoms with van der Waals surface area (Å²) < 4.78 is 0. The highest BCUT2D eigenvalue weighted by Gasteiger charge is 2.45. The van der Waals surface area contributed by atoms with Crippen molar-refractivity contribution >= 4 is 0 Å². The Bertz CT molecular complexity index is 333. The van der Waals surface area contributed by atoms with Crippen LogP contribution in [0, 0.1) is 5.41 Å². The molecule has 0 aromatic rings. The summed E-state index contributed by atoms with van der Waals surface area (Å²) in [5, 5.41) is 11.1. The van der Waals surface area contributed by atoms with E-state index in [9.17, 15) is 0 Å². The Hall–Kier alpha value is -0.160. The fourth-order valence-corrected chi connectivity index (χ4v) is 4.70. The van der Waals surface area contributed by atoms with Crippen LogP contribution in [0.1, 0.15) is 44.9 Å². The molecule has 4 rings (SSSR count). The molecule has 4 aliphatic heterocycles. The molecule has 0 amide bonds. The lowest BCUT2D eigenvalue weighted by molar-refractivity contribution is 0.0265. The topological polar surface area (TPSA) is 39.3 Å². The average molecular weight is 264 g/mol. The lowest BCUT2D eigenvalue weighted by Crippen LogP contribution is -2.72. The minimum atomic E-state index is 0.312. The molecule has 2 spiro atoms. The van der Waals surface area contributed by atoms with Crippen LogP contribution in [0.5, 0.6) is 0 Å². The minimum absolute atomic E-state index is 0.312. The SMILES string of the molecule is C1CC(N2CCC3(CCNCC3)C2)NC2(C1)CCN2. The Morgan fingerprint density at radius 1 is 0.947 bits per heavy atom. The van der Waals surface area contributed by atoms with Gasteiger partial charge in [-0.3, -0.25) is 15.5 Å².